The molecule has 1 unspecified atom stereocenters. The first kappa shape index (κ1) is 22.6. The number of hydrazone groups is 1. The van der Waals surface area contributed by atoms with Crippen LogP contribution in [0.5, 0.6) is 0 Å². The third kappa shape index (κ3) is 6.44. The van der Waals surface area contributed by atoms with Crippen molar-refractivity contribution in [3.05, 3.63) is 77.8 Å². The quantitative estimate of drug-likeness (QED) is 0.470. The van der Waals surface area contributed by atoms with Crippen LogP contribution in [-0.4, -0.2) is 39.6 Å². The fraction of sp³-hybridized carbons (Fsp3) is 0.182. The normalized spacial score (nSPS) is 16.9. The number of thioether (sulfide) groups is 1. The second-order valence-electron chi connectivity index (χ2n) is 6.69. The first-order valence-electron chi connectivity index (χ1n) is 9.51. The molecule has 1 heterocycles. The maximum atomic E-state index is 12.7. The van der Waals surface area contributed by atoms with E-state index in [9.17, 15) is 14.4 Å². The largest absolute Gasteiger partial charge is 0.326 e. The molecule has 0 radical (unpaired) electrons. The van der Waals surface area contributed by atoms with Gasteiger partial charge in [0.05, 0.1) is 6.42 Å². The standard InChI is InChI=1S/C22H21ClN4O3S/c1-2-12-27-21(30)18(14-19(28)24-17-10-8-16(23)9-11-17)31-22(27)26-25-20(29)13-15-6-4-3-5-7-15/h2-11,18H,1,12-14H2,(H,24,28)(H,25,29)/b26-22+. The van der Waals surface area contributed by atoms with Crippen molar-refractivity contribution in [2.75, 3.05) is 11.9 Å². The highest BCUT2D eigenvalue weighted by Crippen LogP contribution is 2.29. The molecule has 0 aromatic heterocycles. The number of halogens is 1. The summed E-state index contributed by atoms with van der Waals surface area (Å²) in [7, 11) is 0. The van der Waals surface area contributed by atoms with E-state index in [-0.39, 0.29) is 37.1 Å². The van der Waals surface area contributed by atoms with E-state index < -0.39 is 5.25 Å². The molecule has 2 aromatic rings. The lowest BCUT2D eigenvalue weighted by Crippen LogP contribution is -2.34. The fourth-order valence-corrected chi connectivity index (χ4v) is 4.10. The van der Waals surface area contributed by atoms with Gasteiger partial charge in [0.2, 0.25) is 17.7 Å². The van der Waals surface area contributed by atoms with Crippen molar-refractivity contribution in [1.29, 1.82) is 0 Å². The van der Waals surface area contributed by atoms with Crippen molar-refractivity contribution in [2.45, 2.75) is 18.1 Å². The van der Waals surface area contributed by atoms with Gasteiger partial charge in [-0.25, -0.2) is 5.43 Å². The molecule has 1 atom stereocenters. The van der Waals surface area contributed by atoms with E-state index in [1.165, 1.54) is 4.90 Å². The second-order valence-corrected chi connectivity index (χ2v) is 8.30. The second kappa shape index (κ2) is 10.8. The highest BCUT2D eigenvalue weighted by molar-refractivity contribution is 8.15. The molecule has 0 aliphatic carbocycles. The van der Waals surface area contributed by atoms with E-state index in [0.717, 1.165) is 17.3 Å². The van der Waals surface area contributed by atoms with Crippen molar-refractivity contribution < 1.29 is 14.4 Å². The Labute approximate surface area is 189 Å². The monoisotopic (exact) mass is 456 g/mol. The number of hydrogen-bond acceptors (Lipinski definition) is 5. The number of carbonyl (C=O) groups is 3. The highest BCUT2D eigenvalue weighted by atomic mass is 35.5. The summed E-state index contributed by atoms with van der Waals surface area (Å²) in [5.41, 5.74) is 3.94. The van der Waals surface area contributed by atoms with Crippen molar-refractivity contribution in [2.24, 2.45) is 5.10 Å². The minimum Gasteiger partial charge on any atom is -0.326 e. The highest BCUT2D eigenvalue weighted by Gasteiger charge is 2.38. The summed E-state index contributed by atoms with van der Waals surface area (Å²) in [6, 6.07) is 16.0. The van der Waals surface area contributed by atoms with Gasteiger partial charge in [-0.1, -0.05) is 59.8 Å². The number of nitrogens with one attached hydrogen (secondary N) is 2. The molecule has 31 heavy (non-hydrogen) atoms. The molecule has 3 amide bonds. The summed E-state index contributed by atoms with van der Waals surface area (Å²) in [4.78, 5) is 38.7. The van der Waals surface area contributed by atoms with Crippen LogP contribution < -0.4 is 10.7 Å². The average molecular weight is 457 g/mol. The zero-order chi connectivity index (χ0) is 22.2. The average Bonchev–Trinajstić information content (AvgIpc) is 3.04. The number of rotatable bonds is 8. The van der Waals surface area contributed by atoms with Crippen LogP contribution in [0, 0.1) is 0 Å². The minimum absolute atomic E-state index is 0.0310. The summed E-state index contributed by atoms with van der Waals surface area (Å²) in [6.07, 6.45) is 1.71. The van der Waals surface area contributed by atoms with Crippen LogP contribution in [0.3, 0.4) is 0 Å². The Bertz CT molecular complexity index is 996. The predicted octanol–water partition coefficient (Wildman–Crippen LogP) is 3.43. The molecular weight excluding hydrogens is 436 g/mol. The Kier molecular flexibility index (Phi) is 7.86. The van der Waals surface area contributed by atoms with Crippen molar-refractivity contribution in [1.82, 2.24) is 10.3 Å². The number of benzene rings is 2. The van der Waals surface area contributed by atoms with Crippen molar-refractivity contribution in [3.8, 4) is 0 Å². The fourth-order valence-electron chi connectivity index (χ4n) is 2.87. The maximum Gasteiger partial charge on any atom is 0.244 e. The Morgan fingerprint density at radius 1 is 1.13 bits per heavy atom. The third-order valence-electron chi connectivity index (χ3n) is 4.31. The lowest BCUT2D eigenvalue weighted by Gasteiger charge is -2.13. The molecule has 2 aromatic carbocycles. The molecule has 7 nitrogen and oxygen atoms in total. The summed E-state index contributed by atoms with van der Waals surface area (Å²) >= 11 is 6.98. The van der Waals surface area contributed by atoms with Gasteiger partial charge in [-0.15, -0.1) is 11.7 Å². The number of amides is 3. The molecule has 160 valence electrons. The van der Waals surface area contributed by atoms with Crippen molar-refractivity contribution >= 4 is 51.9 Å². The van der Waals surface area contributed by atoms with Gasteiger partial charge in [0.1, 0.15) is 5.25 Å². The van der Waals surface area contributed by atoms with Gasteiger partial charge in [0.15, 0.2) is 5.17 Å². The van der Waals surface area contributed by atoms with Crippen LogP contribution in [0.1, 0.15) is 12.0 Å². The van der Waals surface area contributed by atoms with Gasteiger partial charge >= 0.3 is 0 Å². The van der Waals surface area contributed by atoms with Crippen LogP contribution in [0.2, 0.25) is 5.02 Å². The summed E-state index contributed by atoms with van der Waals surface area (Å²) in [5, 5.41) is 7.11. The van der Waals surface area contributed by atoms with E-state index in [4.69, 9.17) is 11.6 Å². The first-order chi connectivity index (χ1) is 15.0. The molecular formula is C22H21ClN4O3S. The summed E-state index contributed by atoms with van der Waals surface area (Å²) < 4.78 is 0. The van der Waals surface area contributed by atoms with Gasteiger partial charge in [-0.2, -0.15) is 0 Å². The Morgan fingerprint density at radius 2 is 1.84 bits per heavy atom. The van der Waals surface area contributed by atoms with Crippen LogP contribution in [0.25, 0.3) is 0 Å². The van der Waals surface area contributed by atoms with E-state index in [1.54, 1.807) is 30.3 Å². The maximum absolute atomic E-state index is 12.7. The van der Waals surface area contributed by atoms with E-state index in [2.05, 4.69) is 22.4 Å². The van der Waals surface area contributed by atoms with Gasteiger partial charge in [-0.3, -0.25) is 19.3 Å². The first-order valence-corrected chi connectivity index (χ1v) is 10.8. The molecule has 0 bridgehead atoms. The molecule has 1 aliphatic rings. The summed E-state index contributed by atoms with van der Waals surface area (Å²) in [5.74, 6) is -0.859. The van der Waals surface area contributed by atoms with Crippen LogP contribution >= 0.6 is 23.4 Å². The van der Waals surface area contributed by atoms with Crippen LogP contribution in [-0.2, 0) is 20.8 Å². The molecule has 2 N–H and O–H groups in total. The van der Waals surface area contributed by atoms with Crippen LogP contribution in [0.15, 0.2) is 72.4 Å². The lowest BCUT2D eigenvalue weighted by atomic mass is 10.1. The Hall–Kier alpha value is -3.10. The number of nitrogens with zero attached hydrogens (tertiary/aromatic N) is 2. The van der Waals surface area contributed by atoms with Crippen LogP contribution in [0.4, 0.5) is 5.69 Å². The molecule has 0 spiro atoms. The number of anilines is 1. The van der Waals surface area contributed by atoms with Gasteiger partial charge in [0.25, 0.3) is 0 Å². The SMILES string of the molecule is C=CCN1C(=O)C(CC(=O)Nc2ccc(Cl)cc2)S/C1=N/NC(=O)Cc1ccccc1. The smallest absolute Gasteiger partial charge is 0.244 e. The lowest BCUT2D eigenvalue weighted by molar-refractivity contribution is -0.128. The number of carbonyl (C=O) groups excluding carboxylic acids is 3. The Balaban J connectivity index is 1.61. The molecule has 3 rings (SSSR count). The Morgan fingerprint density at radius 3 is 2.52 bits per heavy atom. The molecule has 1 aliphatic heterocycles. The topological polar surface area (TPSA) is 90.9 Å². The number of hydrogen-bond donors (Lipinski definition) is 2. The zero-order valence-electron chi connectivity index (χ0n) is 16.6. The van der Waals surface area contributed by atoms with Gasteiger partial charge < -0.3 is 5.32 Å². The van der Waals surface area contributed by atoms with Gasteiger partial charge in [0, 0.05) is 23.7 Å². The molecule has 1 saturated heterocycles. The molecule has 9 heteroatoms. The summed E-state index contributed by atoms with van der Waals surface area (Å²) in [6.45, 7) is 3.89. The van der Waals surface area contributed by atoms with E-state index >= 15 is 0 Å². The number of amidine groups is 1. The third-order valence-corrected chi connectivity index (χ3v) is 5.74. The van der Waals surface area contributed by atoms with E-state index in [0.29, 0.717) is 15.9 Å². The minimum atomic E-state index is -0.642. The van der Waals surface area contributed by atoms with Crippen molar-refractivity contribution in [3.63, 3.8) is 0 Å². The van der Waals surface area contributed by atoms with Gasteiger partial charge in [-0.05, 0) is 29.8 Å². The van der Waals surface area contributed by atoms with E-state index in [1.807, 2.05) is 30.3 Å². The zero-order valence-corrected chi connectivity index (χ0v) is 18.2. The molecule has 0 saturated carbocycles. The predicted molar refractivity (Wildman–Crippen MR) is 124 cm³/mol. The molecule has 1 fully saturated rings.